The molecule has 0 saturated carbocycles. The molecule has 4 aromatic rings. The molecule has 2 aromatic carbocycles. The summed E-state index contributed by atoms with van der Waals surface area (Å²) in [6, 6.07) is 11.5. The van der Waals surface area contributed by atoms with Crippen molar-refractivity contribution in [2.45, 2.75) is 13.3 Å². The van der Waals surface area contributed by atoms with Crippen LogP contribution < -0.4 is 10.9 Å². The van der Waals surface area contributed by atoms with Crippen LogP contribution in [0.4, 0.5) is 5.69 Å². The number of nitrogens with zero attached hydrogens (tertiary/aromatic N) is 1. The van der Waals surface area contributed by atoms with E-state index in [0.29, 0.717) is 16.7 Å². The minimum absolute atomic E-state index is 0.0939. The van der Waals surface area contributed by atoms with E-state index in [1.54, 1.807) is 12.1 Å². The summed E-state index contributed by atoms with van der Waals surface area (Å²) in [6.45, 7) is 2.90. The molecule has 7 heteroatoms. The van der Waals surface area contributed by atoms with Crippen molar-refractivity contribution in [3.8, 4) is 11.5 Å². The number of oxazole rings is 1. The Hall–Kier alpha value is -3.61. The highest BCUT2D eigenvalue weighted by Crippen LogP contribution is 2.26. The van der Waals surface area contributed by atoms with Crippen molar-refractivity contribution in [3.05, 3.63) is 58.4 Å². The third kappa shape index (κ3) is 3.15. The zero-order valence-electron chi connectivity index (χ0n) is 14.5. The van der Waals surface area contributed by atoms with E-state index in [0.717, 1.165) is 24.0 Å². The molecule has 0 aliphatic heterocycles. The SMILES string of the molecule is CCCNc1ccc2cc(-c3nc4cc(C(=O)O)ccc4o3)c(=O)oc2c1. The van der Waals surface area contributed by atoms with Gasteiger partial charge in [-0.3, -0.25) is 0 Å². The molecule has 0 unspecified atom stereocenters. The van der Waals surface area contributed by atoms with Crippen LogP contribution in [0.1, 0.15) is 23.7 Å². The molecule has 4 rings (SSSR count). The lowest BCUT2D eigenvalue weighted by Crippen LogP contribution is -2.04. The maximum absolute atomic E-state index is 12.4. The summed E-state index contributed by atoms with van der Waals surface area (Å²) in [7, 11) is 0. The number of fused-ring (bicyclic) bond motifs is 2. The number of anilines is 1. The summed E-state index contributed by atoms with van der Waals surface area (Å²) < 4.78 is 11.1. The number of hydrogen-bond donors (Lipinski definition) is 2. The van der Waals surface area contributed by atoms with E-state index < -0.39 is 11.6 Å². The molecule has 0 aliphatic rings. The number of nitrogens with one attached hydrogen (secondary N) is 1. The molecule has 7 nitrogen and oxygen atoms in total. The van der Waals surface area contributed by atoms with Crippen LogP contribution in [0.2, 0.25) is 0 Å². The highest BCUT2D eigenvalue weighted by Gasteiger charge is 2.16. The van der Waals surface area contributed by atoms with Crippen LogP contribution in [-0.2, 0) is 0 Å². The Morgan fingerprint density at radius 1 is 1.11 bits per heavy atom. The van der Waals surface area contributed by atoms with Crippen LogP contribution in [0.5, 0.6) is 0 Å². The average Bonchev–Trinajstić information content (AvgIpc) is 3.08. The van der Waals surface area contributed by atoms with Crippen LogP contribution in [0.3, 0.4) is 0 Å². The van der Waals surface area contributed by atoms with Gasteiger partial charge in [0.2, 0.25) is 5.89 Å². The maximum atomic E-state index is 12.4. The Labute approximate surface area is 153 Å². The number of benzene rings is 2. The minimum Gasteiger partial charge on any atom is -0.478 e. The summed E-state index contributed by atoms with van der Waals surface area (Å²) in [5.74, 6) is -0.962. The summed E-state index contributed by atoms with van der Waals surface area (Å²) in [5.41, 5.74) is 1.82. The quantitative estimate of drug-likeness (QED) is 0.513. The number of carbonyl (C=O) groups is 1. The summed E-state index contributed by atoms with van der Waals surface area (Å²) in [4.78, 5) is 27.8. The topological polar surface area (TPSA) is 106 Å². The Morgan fingerprint density at radius 2 is 1.96 bits per heavy atom. The molecule has 0 radical (unpaired) electrons. The van der Waals surface area contributed by atoms with E-state index in [1.165, 1.54) is 18.2 Å². The molecule has 0 atom stereocenters. The molecule has 2 heterocycles. The molecule has 0 spiro atoms. The predicted octanol–water partition coefficient (Wildman–Crippen LogP) is 4.12. The molecular weight excluding hydrogens is 348 g/mol. The molecule has 2 aromatic heterocycles. The molecule has 0 bridgehead atoms. The van der Waals surface area contributed by atoms with Gasteiger partial charge in [-0.15, -0.1) is 0 Å². The number of hydrogen-bond acceptors (Lipinski definition) is 6. The first-order valence-corrected chi connectivity index (χ1v) is 8.51. The van der Waals surface area contributed by atoms with Gasteiger partial charge in [-0.2, -0.15) is 0 Å². The standard InChI is InChI=1S/C20H16N2O5/c1-2-7-21-13-5-3-11-8-14(20(25)27-17(11)10-13)18-22-15-9-12(19(23)24)4-6-16(15)26-18/h3-6,8-10,21H,2,7H2,1H3,(H,23,24). The normalized spacial score (nSPS) is 11.1. The van der Waals surface area contributed by atoms with E-state index in [1.807, 2.05) is 12.1 Å². The van der Waals surface area contributed by atoms with Crippen molar-refractivity contribution in [1.29, 1.82) is 0 Å². The fourth-order valence-electron chi connectivity index (χ4n) is 2.82. The van der Waals surface area contributed by atoms with E-state index in [4.69, 9.17) is 13.9 Å². The van der Waals surface area contributed by atoms with Gasteiger partial charge in [0.05, 0.1) is 5.56 Å². The lowest BCUT2D eigenvalue weighted by molar-refractivity contribution is 0.0697. The summed E-state index contributed by atoms with van der Waals surface area (Å²) in [5, 5.41) is 13.1. The van der Waals surface area contributed by atoms with Crippen molar-refractivity contribution in [1.82, 2.24) is 4.98 Å². The molecular formula is C20H16N2O5. The number of carboxylic acids is 1. The van der Waals surface area contributed by atoms with Crippen molar-refractivity contribution in [2.24, 2.45) is 0 Å². The number of aromatic nitrogens is 1. The maximum Gasteiger partial charge on any atom is 0.349 e. The van der Waals surface area contributed by atoms with Crippen molar-refractivity contribution in [3.63, 3.8) is 0 Å². The molecule has 2 N–H and O–H groups in total. The van der Waals surface area contributed by atoms with Gasteiger partial charge in [0.1, 0.15) is 16.7 Å². The van der Waals surface area contributed by atoms with E-state index >= 15 is 0 Å². The summed E-state index contributed by atoms with van der Waals surface area (Å²) in [6.07, 6.45) is 0.988. The fraction of sp³-hybridized carbons (Fsp3) is 0.150. The lowest BCUT2D eigenvalue weighted by atomic mass is 10.1. The first-order valence-electron chi connectivity index (χ1n) is 8.51. The zero-order chi connectivity index (χ0) is 19.0. The van der Waals surface area contributed by atoms with E-state index in [9.17, 15) is 9.59 Å². The second-order valence-corrected chi connectivity index (χ2v) is 6.13. The molecule has 0 saturated heterocycles. The highest BCUT2D eigenvalue weighted by atomic mass is 16.4. The number of rotatable bonds is 5. The van der Waals surface area contributed by atoms with Crippen molar-refractivity contribution < 1.29 is 18.7 Å². The van der Waals surface area contributed by atoms with Gasteiger partial charge >= 0.3 is 11.6 Å². The summed E-state index contributed by atoms with van der Waals surface area (Å²) >= 11 is 0. The molecule has 0 amide bonds. The van der Waals surface area contributed by atoms with Crippen LogP contribution in [-0.4, -0.2) is 22.6 Å². The van der Waals surface area contributed by atoms with Gasteiger partial charge in [-0.25, -0.2) is 14.6 Å². The fourth-order valence-corrected chi connectivity index (χ4v) is 2.82. The highest BCUT2D eigenvalue weighted by molar-refractivity contribution is 5.92. The van der Waals surface area contributed by atoms with Gasteiger partial charge in [-0.05, 0) is 42.8 Å². The van der Waals surface area contributed by atoms with Crippen LogP contribution in [0.15, 0.2) is 56.1 Å². The van der Waals surface area contributed by atoms with E-state index in [-0.39, 0.29) is 17.0 Å². The van der Waals surface area contributed by atoms with Crippen LogP contribution >= 0.6 is 0 Å². The molecule has 0 aliphatic carbocycles. The Bertz CT molecular complexity index is 1220. The Kier molecular flexibility index (Phi) is 4.12. The third-order valence-electron chi connectivity index (χ3n) is 4.18. The van der Waals surface area contributed by atoms with Crippen molar-refractivity contribution in [2.75, 3.05) is 11.9 Å². The van der Waals surface area contributed by atoms with Gasteiger partial charge < -0.3 is 19.3 Å². The predicted molar refractivity (Wildman–Crippen MR) is 101 cm³/mol. The first kappa shape index (κ1) is 16.8. The van der Waals surface area contributed by atoms with Crippen molar-refractivity contribution >= 4 is 33.7 Å². The number of aromatic carboxylic acids is 1. The molecule has 136 valence electrons. The van der Waals surface area contributed by atoms with Crippen LogP contribution in [0, 0.1) is 0 Å². The second-order valence-electron chi connectivity index (χ2n) is 6.13. The Balaban J connectivity index is 1.79. The van der Waals surface area contributed by atoms with Gasteiger partial charge in [-0.1, -0.05) is 6.92 Å². The van der Waals surface area contributed by atoms with Crippen LogP contribution in [0.25, 0.3) is 33.5 Å². The van der Waals surface area contributed by atoms with Gasteiger partial charge in [0.15, 0.2) is 5.58 Å². The first-order chi connectivity index (χ1) is 13.0. The molecule has 0 fully saturated rings. The lowest BCUT2D eigenvalue weighted by Gasteiger charge is -2.05. The smallest absolute Gasteiger partial charge is 0.349 e. The average molecular weight is 364 g/mol. The van der Waals surface area contributed by atoms with Gasteiger partial charge in [0.25, 0.3) is 0 Å². The minimum atomic E-state index is -1.06. The second kappa shape index (κ2) is 6.60. The largest absolute Gasteiger partial charge is 0.478 e. The zero-order valence-corrected chi connectivity index (χ0v) is 14.5. The van der Waals surface area contributed by atoms with Gasteiger partial charge in [0, 0.05) is 23.7 Å². The number of carboxylic acid groups (broad SMARTS) is 1. The third-order valence-corrected chi connectivity index (χ3v) is 4.18. The Morgan fingerprint density at radius 3 is 2.74 bits per heavy atom. The molecule has 27 heavy (non-hydrogen) atoms. The monoisotopic (exact) mass is 364 g/mol. The van der Waals surface area contributed by atoms with E-state index in [2.05, 4.69) is 17.2 Å².